The highest BCUT2D eigenvalue weighted by atomic mass is 32.2. The molecule has 1 heterocycles. The van der Waals surface area contributed by atoms with Crippen molar-refractivity contribution in [3.8, 4) is 0 Å². The van der Waals surface area contributed by atoms with Crippen LogP contribution in [0.1, 0.15) is 33.6 Å². The molecule has 3 atom stereocenters. The van der Waals surface area contributed by atoms with E-state index in [4.69, 9.17) is 4.74 Å². The first-order valence-corrected chi connectivity index (χ1v) is 10.9. The van der Waals surface area contributed by atoms with E-state index >= 15 is 0 Å². The van der Waals surface area contributed by atoms with Gasteiger partial charge in [0.25, 0.3) is 0 Å². The molecule has 0 bridgehead atoms. The largest absolute Gasteiger partial charge is 0.383 e. The number of amides is 2. The van der Waals surface area contributed by atoms with Crippen LogP contribution in [-0.2, 0) is 24.3 Å². The number of likely N-dealkylation sites (tertiary alicyclic amines) is 1. The molecule has 1 aliphatic rings. The standard InChI is InChI=1S/C19H29N3O5S/c1-5-13(2)21-28(25,26)17-8-6-16(7-9-17)20-19(24)15-10-18(23)22(11-15)14(3)12-27-4/h6-9,13-15,21H,5,10-12H2,1-4H3,(H,20,24)/t13-,14-,15+/m0/s1. The third kappa shape index (κ3) is 5.52. The van der Waals surface area contributed by atoms with Crippen molar-refractivity contribution < 1.29 is 22.7 Å². The molecule has 1 saturated heterocycles. The number of carbonyl (C=O) groups excluding carboxylic acids is 2. The van der Waals surface area contributed by atoms with E-state index in [9.17, 15) is 18.0 Å². The summed E-state index contributed by atoms with van der Waals surface area (Å²) in [7, 11) is -2.02. The van der Waals surface area contributed by atoms with Gasteiger partial charge < -0.3 is 15.0 Å². The molecule has 156 valence electrons. The van der Waals surface area contributed by atoms with Gasteiger partial charge in [-0.1, -0.05) is 6.92 Å². The van der Waals surface area contributed by atoms with Gasteiger partial charge in [0.2, 0.25) is 21.8 Å². The number of nitrogens with zero attached hydrogens (tertiary/aromatic N) is 1. The second-order valence-electron chi connectivity index (χ2n) is 7.20. The Labute approximate surface area is 166 Å². The zero-order valence-electron chi connectivity index (χ0n) is 16.8. The highest BCUT2D eigenvalue weighted by Crippen LogP contribution is 2.23. The normalized spacial score (nSPS) is 19.5. The van der Waals surface area contributed by atoms with Crippen LogP contribution in [0.15, 0.2) is 29.2 Å². The van der Waals surface area contributed by atoms with Crippen LogP contribution in [0.4, 0.5) is 5.69 Å². The number of rotatable bonds is 9. The lowest BCUT2D eigenvalue weighted by Gasteiger charge is -2.23. The summed E-state index contributed by atoms with van der Waals surface area (Å²) in [4.78, 5) is 26.4. The molecule has 2 rings (SSSR count). The van der Waals surface area contributed by atoms with Gasteiger partial charge in [-0.25, -0.2) is 13.1 Å². The first-order chi connectivity index (χ1) is 13.2. The van der Waals surface area contributed by atoms with Crippen LogP contribution < -0.4 is 10.0 Å². The summed E-state index contributed by atoms with van der Waals surface area (Å²) >= 11 is 0. The predicted molar refractivity (Wildman–Crippen MR) is 106 cm³/mol. The van der Waals surface area contributed by atoms with Crippen LogP contribution in [0.25, 0.3) is 0 Å². The lowest BCUT2D eigenvalue weighted by Crippen LogP contribution is -2.38. The summed E-state index contributed by atoms with van der Waals surface area (Å²) in [6.07, 6.45) is 0.846. The molecule has 0 spiro atoms. The molecule has 9 heteroatoms. The SMILES string of the molecule is CC[C@H](C)NS(=O)(=O)c1ccc(NC(=O)[C@@H]2CC(=O)N([C@@H](C)COC)C2)cc1. The Bertz CT molecular complexity index is 794. The van der Waals surface area contributed by atoms with Gasteiger partial charge >= 0.3 is 0 Å². The van der Waals surface area contributed by atoms with E-state index in [1.54, 1.807) is 31.1 Å². The molecule has 1 aromatic rings. The van der Waals surface area contributed by atoms with Gasteiger partial charge in [-0.15, -0.1) is 0 Å². The second-order valence-corrected chi connectivity index (χ2v) is 8.91. The van der Waals surface area contributed by atoms with Crippen LogP contribution in [-0.4, -0.2) is 57.5 Å². The fourth-order valence-corrected chi connectivity index (χ4v) is 4.37. The number of anilines is 1. The van der Waals surface area contributed by atoms with Gasteiger partial charge in [0.15, 0.2) is 0 Å². The molecule has 1 aliphatic heterocycles. The van der Waals surface area contributed by atoms with E-state index in [1.807, 2.05) is 13.8 Å². The molecule has 2 N–H and O–H groups in total. The maximum Gasteiger partial charge on any atom is 0.240 e. The fourth-order valence-electron chi connectivity index (χ4n) is 3.04. The number of ether oxygens (including phenoxy) is 1. The molecule has 0 unspecified atom stereocenters. The summed E-state index contributed by atoms with van der Waals surface area (Å²) in [6.45, 7) is 6.35. The third-order valence-electron chi connectivity index (χ3n) is 4.87. The molecule has 1 aromatic carbocycles. The zero-order valence-corrected chi connectivity index (χ0v) is 17.6. The van der Waals surface area contributed by atoms with Gasteiger partial charge in [0.1, 0.15) is 0 Å². The molecular formula is C19H29N3O5S. The van der Waals surface area contributed by atoms with Crippen molar-refractivity contribution in [3.63, 3.8) is 0 Å². The predicted octanol–water partition coefficient (Wildman–Crippen LogP) is 1.59. The van der Waals surface area contributed by atoms with Crippen molar-refractivity contribution >= 4 is 27.5 Å². The lowest BCUT2D eigenvalue weighted by atomic mass is 10.1. The van der Waals surface area contributed by atoms with E-state index in [2.05, 4.69) is 10.0 Å². The average Bonchev–Trinajstić information content (AvgIpc) is 3.04. The Morgan fingerprint density at radius 1 is 1.29 bits per heavy atom. The van der Waals surface area contributed by atoms with E-state index in [-0.39, 0.29) is 35.2 Å². The van der Waals surface area contributed by atoms with Gasteiger partial charge in [0.05, 0.1) is 23.5 Å². The Morgan fingerprint density at radius 2 is 1.93 bits per heavy atom. The van der Waals surface area contributed by atoms with Gasteiger partial charge in [-0.3, -0.25) is 9.59 Å². The van der Waals surface area contributed by atoms with E-state index in [0.29, 0.717) is 25.3 Å². The van der Waals surface area contributed by atoms with Crippen molar-refractivity contribution in [3.05, 3.63) is 24.3 Å². The van der Waals surface area contributed by atoms with Gasteiger partial charge in [-0.05, 0) is 44.5 Å². The Hall–Kier alpha value is -1.97. The highest BCUT2D eigenvalue weighted by Gasteiger charge is 2.36. The Kier molecular flexibility index (Phi) is 7.56. The molecule has 2 amide bonds. The smallest absolute Gasteiger partial charge is 0.240 e. The number of hydrogen-bond donors (Lipinski definition) is 2. The summed E-state index contributed by atoms with van der Waals surface area (Å²) in [5.41, 5.74) is 0.489. The molecule has 0 aliphatic carbocycles. The van der Waals surface area contributed by atoms with Gasteiger partial charge in [-0.2, -0.15) is 0 Å². The summed E-state index contributed by atoms with van der Waals surface area (Å²) in [5, 5.41) is 2.76. The van der Waals surface area contributed by atoms with Crippen LogP contribution in [0.2, 0.25) is 0 Å². The topological polar surface area (TPSA) is 105 Å². The molecule has 1 fully saturated rings. The van der Waals surface area contributed by atoms with Crippen LogP contribution >= 0.6 is 0 Å². The second kappa shape index (κ2) is 9.49. The maximum atomic E-state index is 12.5. The van der Waals surface area contributed by atoms with E-state index in [1.165, 1.54) is 12.1 Å². The molecule has 0 aromatic heterocycles. The van der Waals surface area contributed by atoms with Crippen LogP contribution in [0.3, 0.4) is 0 Å². The quantitative estimate of drug-likeness (QED) is 0.642. The number of carbonyl (C=O) groups is 2. The van der Waals surface area contributed by atoms with E-state index < -0.39 is 15.9 Å². The van der Waals surface area contributed by atoms with Crippen LogP contribution in [0, 0.1) is 5.92 Å². The average molecular weight is 412 g/mol. The van der Waals surface area contributed by atoms with Crippen molar-refractivity contribution in [2.45, 2.75) is 50.6 Å². The number of hydrogen-bond acceptors (Lipinski definition) is 5. The number of benzene rings is 1. The molecule has 28 heavy (non-hydrogen) atoms. The Morgan fingerprint density at radius 3 is 2.50 bits per heavy atom. The first-order valence-electron chi connectivity index (χ1n) is 9.39. The lowest BCUT2D eigenvalue weighted by molar-refractivity contribution is -0.130. The van der Waals surface area contributed by atoms with Crippen molar-refractivity contribution in [2.75, 3.05) is 25.6 Å². The summed E-state index contributed by atoms with van der Waals surface area (Å²) in [5.74, 6) is -0.765. The van der Waals surface area contributed by atoms with E-state index in [0.717, 1.165) is 0 Å². The maximum absolute atomic E-state index is 12.5. The molecular weight excluding hydrogens is 382 g/mol. The van der Waals surface area contributed by atoms with Crippen molar-refractivity contribution in [2.24, 2.45) is 5.92 Å². The summed E-state index contributed by atoms with van der Waals surface area (Å²) in [6, 6.07) is 5.75. The van der Waals surface area contributed by atoms with Gasteiger partial charge in [0, 0.05) is 31.8 Å². The number of sulfonamides is 1. The monoisotopic (exact) mass is 411 g/mol. The molecule has 0 saturated carbocycles. The summed E-state index contributed by atoms with van der Waals surface area (Å²) < 4.78 is 32.2. The minimum Gasteiger partial charge on any atom is -0.383 e. The number of methoxy groups -OCH3 is 1. The van der Waals surface area contributed by atoms with Crippen molar-refractivity contribution in [1.82, 2.24) is 9.62 Å². The zero-order chi connectivity index (χ0) is 20.9. The van der Waals surface area contributed by atoms with Crippen molar-refractivity contribution in [1.29, 1.82) is 0 Å². The van der Waals surface area contributed by atoms with Crippen LogP contribution in [0.5, 0.6) is 0 Å². The molecule has 8 nitrogen and oxygen atoms in total. The minimum absolute atomic E-state index is 0.0674. The number of nitrogens with one attached hydrogen (secondary N) is 2. The third-order valence-corrected chi connectivity index (χ3v) is 6.48. The molecule has 0 radical (unpaired) electrons. The fraction of sp³-hybridized carbons (Fsp3) is 0.579. The Balaban J connectivity index is 1.99. The first kappa shape index (κ1) is 22.3. The highest BCUT2D eigenvalue weighted by molar-refractivity contribution is 7.89. The minimum atomic E-state index is -3.59.